The van der Waals surface area contributed by atoms with E-state index < -0.39 is 0 Å². The van der Waals surface area contributed by atoms with E-state index in [1.54, 1.807) is 0 Å². The van der Waals surface area contributed by atoms with Crippen molar-refractivity contribution in [2.24, 2.45) is 5.73 Å². The third-order valence-corrected chi connectivity index (χ3v) is 3.89. The molecule has 0 aliphatic heterocycles. The molecule has 0 amide bonds. The molecule has 0 saturated heterocycles. The molecule has 0 bridgehead atoms. The lowest BCUT2D eigenvalue weighted by atomic mass is 9.96. The third-order valence-electron chi connectivity index (χ3n) is 3.04. The van der Waals surface area contributed by atoms with Gasteiger partial charge >= 0.3 is 0 Å². The molecule has 0 aliphatic carbocycles. The van der Waals surface area contributed by atoms with Gasteiger partial charge in [0.05, 0.1) is 5.56 Å². The first-order valence-corrected chi connectivity index (χ1v) is 8.02. The number of nitrogen functional groups attached to an aromatic ring is 1. The summed E-state index contributed by atoms with van der Waals surface area (Å²) in [4.78, 5) is 4.20. The molecule has 118 valence electrons. The Bertz CT molecular complexity index is 755. The Morgan fingerprint density at radius 3 is 2.13 bits per heavy atom. The van der Waals surface area contributed by atoms with Gasteiger partial charge in [-0.3, -0.25) is 0 Å². The van der Waals surface area contributed by atoms with Crippen LogP contribution in [-0.4, -0.2) is 17.8 Å². The molecular weight excluding hydrogens is 306 g/mol. The minimum absolute atomic E-state index is 0.169. The molecule has 6 heteroatoms. The van der Waals surface area contributed by atoms with Crippen LogP contribution in [0.3, 0.4) is 0 Å². The molecule has 0 saturated carbocycles. The van der Waals surface area contributed by atoms with Gasteiger partial charge in [0.2, 0.25) is 0 Å². The van der Waals surface area contributed by atoms with Gasteiger partial charge in [-0.25, -0.2) is 4.98 Å². The van der Waals surface area contributed by atoms with Crippen molar-refractivity contribution < 1.29 is 0 Å². The number of nitrogens with two attached hydrogens (primary N) is 2. The van der Waals surface area contributed by atoms with Gasteiger partial charge in [0.25, 0.3) is 0 Å². The Balaban J connectivity index is 0.00000127. The van der Waals surface area contributed by atoms with Crippen molar-refractivity contribution in [3.63, 3.8) is 0 Å². The largest absolute Gasteiger partial charge is 0.383 e. The molecule has 0 aliphatic rings. The number of nitrogens with zero attached hydrogens (tertiary/aromatic N) is 3. The van der Waals surface area contributed by atoms with Gasteiger partial charge in [0.1, 0.15) is 28.5 Å². The summed E-state index contributed by atoms with van der Waals surface area (Å²) in [6.07, 6.45) is 0. The molecule has 2 rings (SSSR count). The summed E-state index contributed by atoms with van der Waals surface area (Å²) < 4.78 is 0. The maximum absolute atomic E-state index is 9.50. The van der Waals surface area contributed by atoms with E-state index >= 15 is 0 Å². The van der Waals surface area contributed by atoms with Crippen molar-refractivity contribution in [3.05, 3.63) is 41.0 Å². The number of aryl methyl sites for hydroxylation is 1. The second-order valence-corrected chi connectivity index (χ2v) is 5.70. The van der Waals surface area contributed by atoms with Gasteiger partial charge in [-0.2, -0.15) is 10.5 Å². The van der Waals surface area contributed by atoms with Crippen molar-refractivity contribution in [1.82, 2.24) is 4.98 Å². The number of rotatable bonds is 3. The van der Waals surface area contributed by atoms with Crippen LogP contribution in [0.1, 0.15) is 23.6 Å². The van der Waals surface area contributed by atoms with Crippen LogP contribution in [0.2, 0.25) is 0 Å². The second kappa shape index (κ2) is 8.79. The number of benzene rings is 1. The zero-order chi connectivity index (χ0) is 17.4. The third kappa shape index (κ3) is 4.01. The summed E-state index contributed by atoms with van der Waals surface area (Å²) >= 11 is 1.45. The smallest absolute Gasteiger partial charge is 0.143 e. The predicted molar refractivity (Wildman–Crippen MR) is 94.8 cm³/mol. The molecule has 1 aromatic heterocycles. The number of hydrogen-bond donors (Lipinski definition) is 2. The summed E-state index contributed by atoms with van der Waals surface area (Å²) in [5, 5.41) is 19.4. The molecule has 0 radical (unpaired) electrons. The van der Waals surface area contributed by atoms with Gasteiger partial charge in [0.15, 0.2) is 0 Å². The monoisotopic (exact) mass is 325 g/mol. The highest BCUT2D eigenvalue weighted by Gasteiger charge is 2.19. The van der Waals surface area contributed by atoms with Crippen molar-refractivity contribution in [2.75, 3.05) is 18.5 Å². The summed E-state index contributed by atoms with van der Waals surface area (Å²) in [5.74, 6) is 0.948. The average Bonchev–Trinajstić information content (AvgIpc) is 2.57. The highest BCUT2D eigenvalue weighted by atomic mass is 32.2. The van der Waals surface area contributed by atoms with E-state index in [0.29, 0.717) is 16.2 Å². The van der Waals surface area contributed by atoms with E-state index in [1.165, 1.54) is 18.8 Å². The van der Waals surface area contributed by atoms with Crippen LogP contribution in [0.5, 0.6) is 0 Å². The summed E-state index contributed by atoms with van der Waals surface area (Å²) in [6.45, 7) is 3.97. The van der Waals surface area contributed by atoms with Crippen LogP contribution in [-0.2, 0) is 0 Å². The lowest BCUT2D eigenvalue weighted by Gasteiger charge is -2.12. The van der Waals surface area contributed by atoms with Gasteiger partial charge < -0.3 is 11.5 Å². The van der Waals surface area contributed by atoms with Crippen molar-refractivity contribution in [1.29, 1.82) is 10.5 Å². The van der Waals surface area contributed by atoms with Crippen molar-refractivity contribution in [2.45, 2.75) is 18.9 Å². The first-order valence-electron chi connectivity index (χ1n) is 7.03. The number of anilines is 1. The van der Waals surface area contributed by atoms with Crippen LogP contribution in [0, 0.1) is 29.6 Å². The first kappa shape index (κ1) is 18.5. The molecule has 4 N–H and O–H groups in total. The number of pyridine rings is 1. The molecule has 0 fully saturated rings. The number of aromatic nitrogens is 1. The normalized spacial score (nSPS) is 9.30. The van der Waals surface area contributed by atoms with Crippen molar-refractivity contribution >= 4 is 17.6 Å². The van der Waals surface area contributed by atoms with Crippen LogP contribution in [0.25, 0.3) is 11.1 Å². The topological polar surface area (TPSA) is 113 Å². The molecule has 1 aromatic carbocycles. The molecule has 2 aromatic rings. The zero-order valence-corrected chi connectivity index (χ0v) is 14.2. The zero-order valence-electron chi connectivity index (χ0n) is 13.4. The van der Waals surface area contributed by atoms with Crippen LogP contribution >= 0.6 is 11.8 Å². The SMILES string of the molecule is CCSc1nc(N)c(C#N)c(-c2ccc(C)cc2)c1C#N.CN. The van der Waals surface area contributed by atoms with Crippen LogP contribution < -0.4 is 11.5 Å². The molecule has 0 atom stereocenters. The Kier molecular flexibility index (Phi) is 7.08. The fraction of sp³-hybridized carbons (Fsp3) is 0.235. The maximum Gasteiger partial charge on any atom is 0.143 e. The predicted octanol–water partition coefficient (Wildman–Crippen LogP) is 3.07. The molecule has 23 heavy (non-hydrogen) atoms. The molecule has 5 nitrogen and oxygen atoms in total. The van der Waals surface area contributed by atoms with E-state index in [-0.39, 0.29) is 11.4 Å². The maximum atomic E-state index is 9.50. The highest BCUT2D eigenvalue weighted by molar-refractivity contribution is 7.99. The Morgan fingerprint density at radius 2 is 1.65 bits per heavy atom. The second-order valence-electron chi connectivity index (χ2n) is 4.45. The minimum atomic E-state index is 0.169. The highest BCUT2D eigenvalue weighted by Crippen LogP contribution is 2.35. The number of nitriles is 2. The Labute approximate surface area is 140 Å². The van der Waals surface area contributed by atoms with Gasteiger partial charge in [-0.15, -0.1) is 11.8 Å². The van der Waals surface area contributed by atoms with Crippen molar-refractivity contribution in [3.8, 4) is 23.3 Å². The van der Waals surface area contributed by atoms with E-state index in [2.05, 4.69) is 22.9 Å². The Morgan fingerprint density at radius 1 is 1.09 bits per heavy atom. The minimum Gasteiger partial charge on any atom is -0.383 e. The number of hydrogen-bond acceptors (Lipinski definition) is 6. The lowest BCUT2D eigenvalue weighted by Crippen LogP contribution is -2.03. The van der Waals surface area contributed by atoms with Gasteiger partial charge in [-0.05, 0) is 25.3 Å². The fourth-order valence-corrected chi connectivity index (χ4v) is 2.78. The molecular formula is C17H19N5S. The fourth-order valence-electron chi connectivity index (χ4n) is 2.05. The number of thioether (sulfide) groups is 1. The summed E-state index contributed by atoms with van der Waals surface area (Å²) in [5.41, 5.74) is 13.6. The molecule has 1 heterocycles. The quantitative estimate of drug-likeness (QED) is 0.839. The summed E-state index contributed by atoms with van der Waals surface area (Å²) in [6, 6.07) is 11.9. The standard InChI is InChI=1S/C16H14N4S.CH5N/c1-3-21-16-13(9-18)14(12(8-17)15(19)20-16)11-6-4-10(2)5-7-11;1-2/h4-7H,3H2,1-2H3,(H2,19,20);2H2,1H3. The van der Waals surface area contributed by atoms with Crippen LogP contribution in [0.15, 0.2) is 29.3 Å². The van der Waals surface area contributed by atoms with Gasteiger partial charge in [-0.1, -0.05) is 36.8 Å². The lowest BCUT2D eigenvalue weighted by molar-refractivity contribution is 1.11. The van der Waals surface area contributed by atoms with Gasteiger partial charge in [0, 0.05) is 5.56 Å². The van der Waals surface area contributed by atoms with E-state index in [4.69, 9.17) is 5.73 Å². The van der Waals surface area contributed by atoms with E-state index in [9.17, 15) is 10.5 Å². The summed E-state index contributed by atoms with van der Waals surface area (Å²) in [7, 11) is 1.50. The van der Waals surface area contributed by atoms with E-state index in [0.717, 1.165) is 16.9 Å². The Hall–Kier alpha value is -2.54. The van der Waals surface area contributed by atoms with E-state index in [1.807, 2.05) is 38.1 Å². The average molecular weight is 325 g/mol. The van der Waals surface area contributed by atoms with Crippen LogP contribution in [0.4, 0.5) is 5.82 Å². The molecule has 0 unspecified atom stereocenters. The first-order chi connectivity index (χ1) is 11.1. The molecule has 0 spiro atoms.